The lowest BCUT2D eigenvalue weighted by Crippen LogP contribution is -2.05. The monoisotopic (exact) mass is 225 g/mol. The lowest BCUT2D eigenvalue weighted by molar-refractivity contribution is -0.384. The number of nitrogens with two attached hydrogens (primary N) is 2. The van der Waals surface area contributed by atoms with E-state index >= 15 is 0 Å². The van der Waals surface area contributed by atoms with Gasteiger partial charge in [0.15, 0.2) is 5.82 Å². The van der Waals surface area contributed by atoms with Crippen LogP contribution in [-0.4, -0.2) is 10.8 Å². The Morgan fingerprint density at radius 2 is 2.12 bits per heavy atom. The summed E-state index contributed by atoms with van der Waals surface area (Å²) >= 11 is 0. The Morgan fingerprint density at radius 1 is 1.50 bits per heavy atom. The predicted octanol–water partition coefficient (Wildman–Crippen LogP) is 0.815. The summed E-state index contributed by atoms with van der Waals surface area (Å²) in [6.45, 7) is 0. The summed E-state index contributed by atoms with van der Waals surface area (Å²) in [5.41, 5.74) is 9.05. The van der Waals surface area contributed by atoms with Crippen molar-refractivity contribution in [3.05, 3.63) is 39.7 Å². The first-order valence-corrected chi connectivity index (χ1v) is 4.12. The van der Waals surface area contributed by atoms with Gasteiger partial charge in [0.2, 0.25) is 5.91 Å². The van der Waals surface area contributed by atoms with E-state index < -0.39 is 28.0 Å². The van der Waals surface area contributed by atoms with Crippen LogP contribution >= 0.6 is 0 Å². The normalized spacial score (nSPS) is 10.6. The highest BCUT2D eigenvalue weighted by Crippen LogP contribution is 2.26. The molecular weight excluding hydrogens is 217 g/mol. The van der Waals surface area contributed by atoms with Crippen LogP contribution < -0.4 is 11.5 Å². The Bertz CT molecular complexity index is 485. The van der Waals surface area contributed by atoms with Gasteiger partial charge in [-0.2, -0.15) is 0 Å². The lowest BCUT2D eigenvalue weighted by Gasteiger charge is -2.00. The molecule has 1 aromatic rings. The molecule has 0 saturated carbocycles. The number of halogens is 1. The SMILES string of the molecule is NC(=O)C=Cc1cc(F)c(N)c([N+](=O)[O-])c1. The zero-order valence-corrected chi connectivity index (χ0v) is 8.01. The van der Waals surface area contributed by atoms with Crippen molar-refractivity contribution in [3.63, 3.8) is 0 Å². The fraction of sp³-hybridized carbons (Fsp3) is 0. The number of amides is 1. The molecule has 6 nitrogen and oxygen atoms in total. The number of nitro groups is 1. The fourth-order valence-corrected chi connectivity index (χ4v) is 1.05. The molecule has 0 bridgehead atoms. The topological polar surface area (TPSA) is 112 Å². The molecule has 0 unspecified atom stereocenters. The number of primary amides is 1. The Labute approximate surface area is 89.5 Å². The number of nitro benzene ring substituents is 1. The number of anilines is 1. The van der Waals surface area contributed by atoms with E-state index in [1.165, 1.54) is 0 Å². The Hall–Kier alpha value is -2.44. The minimum absolute atomic E-state index is 0.136. The van der Waals surface area contributed by atoms with E-state index in [0.29, 0.717) is 0 Å². The van der Waals surface area contributed by atoms with E-state index in [0.717, 1.165) is 24.3 Å². The molecule has 1 rings (SSSR count). The second-order valence-electron chi connectivity index (χ2n) is 2.93. The van der Waals surface area contributed by atoms with Gasteiger partial charge in [0.1, 0.15) is 5.69 Å². The van der Waals surface area contributed by atoms with Crippen molar-refractivity contribution in [2.24, 2.45) is 5.73 Å². The molecule has 84 valence electrons. The van der Waals surface area contributed by atoms with Crippen molar-refractivity contribution >= 4 is 23.4 Å². The first-order valence-electron chi connectivity index (χ1n) is 4.12. The second-order valence-corrected chi connectivity index (χ2v) is 2.93. The third-order valence-corrected chi connectivity index (χ3v) is 1.77. The van der Waals surface area contributed by atoms with Crippen LogP contribution in [0.25, 0.3) is 6.08 Å². The third-order valence-electron chi connectivity index (χ3n) is 1.77. The Morgan fingerprint density at radius 3 is 2.62 bits per heavy atom. The molecule has 0 atom stereocenters. The fourth-order valence-electron chi connectivity index (χ4n) is 1.05. The zero-order chi connectivity index (χ0) is 12.3. The number of benzene rings is 1. The summed E-state index contributed by atoms with van der Waals surface area (Å²) < 4.78 is 13.1. The van der Waals surface area contributed by atoms with Crippen LogP contribution in [0.2, 0.25) is 0 Å². The molecule has 0 aromatic heterocycles. The highest BCUT2D eigenvalue weighted by molar-refractivity contribution is 5.90. The summed E-state index contributed by atoms with van der Waals surface area (Å²) in [6, 6.07) is 2.03. The standard InChI is InChI=1S/C9H8FN3O3/c10-6-3-5(1-2-8(11)14)4-7(9(6)12)13(15)16/h1-4H,12H2,(H2,11,14). The zero-order valence-electron chi connectivity index (χ0n) is 8.01. The van der Waals surface area contributed by atoms with Crippen LogP contribution in [0, 0.1) is 15.9 Å². The maximum absolute atomic E-state index is 13.1. The number of hydrogen-bond acceptors (Lipinski definition) is 4. The van der Waals surface area contributed by atoms with E-state index in [4.69, 9.17) is 11.5 Å². The van der Waals surface area contributed by atoms with Crippen LogP contribution in [0.5, 0.6) is 0 Å². The van der Waals surface area contributed by atoms with Crippen molar-refractivity contribution in [2.75, 3.05) is 5.73 Å². The molecule has 0 aliphatic rings. The number of nitrogens with zero attached hydrogens (tertiary/aromatic N) is 1. The molecule has 1 amide bonds. The van der Waals surface area contributed by atoms with Gasteiger partial charge >= 0.3 is 0 Å². The Balaban J connectivity index is 3.24. The highest BCUT2D eigenvalue weighted by Gasteiger charge is 2.16. The van der Waals surface area contributed by atoms with Crippen molar-refractivity contribution in [1.29, 1.82) is 0 Å². The van der Waals surface area contributed by atoms with Crippen LogP contribution in [0.15, 0.2) is 18.2 Å². The number of carbonyl (C=O) groups is 1. The van der Waals surface area contributed by atoms with Gasteiger partial charge in [0, 0.05) is 12.1 Å². The molecule has 0 aliphatic carbocycles. The largest absolute Gasteiger partial charge is 0.391 e. The average Bonchev–Trinajstić information content (AvgIpc) is 2.19. The molecule has 0 spiro atoms. The number of rotatable bonds is 3. The van der Waals surface area contributed by atoms with Crippen LogP contribution in [0.4, 0.5) is 15.8 Å². The molecule has 16 heavy (non-hydrogen) atoms. The van der Waals surface area contributed by atoms with Gasteiger partial charge in [0.25, 0.3) is 5.69 Å². The summed E-state index contributed by atoms with van der Waals surface area (Å²) in [7, 11) is 0. The van der Waals surface area contributed by atoms with Gasteiger partial charge in [-0.1, -0.05) is 0 Å². The van der Waals surface area contributed by atoms with E-state index in [2.05, 4.69) is 0 Å². The van der Waals surface area contributed by atoms with E-state index in [-0.39, 0.29) is 5.56 Å². The summed E-state index contributed by atoms with van der Waals surface area (Å²) in [4.78, 5) is 20.1. The van der Waals surface area contributed by atoms with Crippen molar-refractivity contribution in [3.8, 4) is 0 Å². The summed E-state index contributed by atoms with van der Waals surface area (Å²) in [5, 5.41) is 10.5. The molecule has 0 aliphatic heterocycles. The van der Waals surface area contributed by atoms with Gasteiger partial charge in [-0.3, -0.25) is 14.9 Å². The van der Waals surface area contributed by atoms with Gasteiger partial charge in [0.05, 0.1) is 4.92 Å². The second kappa shape index (κ2) is 4.39. The van der Waals surface area contributed by atoms with E-state index in [1.54, 1.807) is 0 Å². The van der Waals surface area contributed by atoms with E-state index in [9.17, 15) is 19.3 Å². The summed E-state index contributed by atoms with van der Waals surface area (Å²) in [5.74, 6) is -1.65. The number of hydrogen-bond donors (Lipinski definition) is 2. The van der Waals surface area contributed by atoms with Crippen molar-refractivity contribution in [2.45, 2.75) is 0 Å². The van der Waals surface area contributed by atoms with Gasteiger partial charge in [-0.05, 0) is 17.7 Å². The third kappa shape index (κ3) is 2.53. The number of nitrogen functional groups attached to an aromatic ring is 1. The first-order chi connectivity index (χ1) is 7.41. The summed E-state index contributed by atoms with van der Waals surface area (Å²) in [6.07, 6.45) is 2.13. The maximum Gasteiger partial charge on any atom is 0.295 e. The smallest absolute Gasteiger partial charge is 0.295 e. The molecule has 4 N–H and O–H groups in total. The molecule has 0 heterocycles. The molecule has 0 fully saturated rings. The molecule has 0 saturated heterocycles. The van der Waals surface area contributed by atoms with Crippen molar-refractivity contribution in [1.82, 2.24) is 0 Å². The minimum atomic E-state index is -0.918. The van der Waals surface area contributed by atoms with E-state index in [1.807, 2.05) is 0 Å². The quantitative estimate of drug-likeness (QED) is 0.343. The van der Waals surface area contributed by atoms with Gasteiger partial charge in [-0.15, -0.1) is 0 Å². The van der Waals surface area contributed by atoms with Crippen LogP contribution in [0.3, 0.4) is 0 Å². The van der Waals surface area contributed by atoms with Gasteiger partial charge < -0.3 is 11.5 Å². The highest BCUT2D eigenvalue weighted by atomic mass is 19.1. The molecular formula is C9H8FN3O3. The van der Waals surface area contributed by atoms with Crippen LogP contribution in [0.1, 0.15) is 5.56 Å². The molecule has 0 radical (unpaired) electrons. The first kappa shape index (κ1) is 11.6. The lowest BCUT2D eigenvalue weighted by atomic mass is 10.1. The Kier molecular flexibility index (Phi) is 3.19. The van der Waals surface area contributed by atoms with Gasteiger partial charge in [-0.25, -0.2) is 4.39 Å². The molecule has 7 heteroatoms. The number of carbonyl (C=O) groups excluding carboxylic acids is 1. The maximum atomic E-state index is 13.1. The molecule has 1 aromatic carbocycles. The van der Waals surface area contributed by atoms with Crippen LogP contribution in [-0.2, 0) is 4.79 Å². The average molecular weight is 225 g/mol. The predicted molar refractivity (Wildman–Crippen MR) is 55.7 cm³/mol. The minimum Gasteiger partial charge on any atom is -0.391 e. The van der Waals surface area contributed by atoms with Crippen molar-refractivity contribution < 1.29 is 14.1 Å².